The molecule has 15 heavy (non-hydrogen) atoms. The van der Waals surface area contributed by atoms with E-state index < -0.39 is 0 Å². The van der Waals surface area contributed by atoms with Crippen molar-refractivity contribution in [1.29, 1.82) is 0 Å². The first-order chi connectivity index (χ1) is 7.15. The number of amides is 1. The van der Waals surface area contributed by atoms with Gasteiger partial charge in [0.15, 0.2) is 0 Å². The van der Waals surface area contributed by atoms with Crippen molar-refractivity contribution in [1.82, 2.24) is 0 Å². The minimum Gasteiger partial charge on any atom is -0.330 e. The SMILES string of the molecule is CC(C)c1ccccc1NC(=O)CCN. The van der Waals surface area contributed by atoms with Crippen molar-refractivity contribution < 1.29 is 4.79 Å². The molecule has 3 nitrogen and oxygen atoms in total. The van der Waals surface area contributed by atoms with Gasteiger partial charge in [-0.25, -0.2) is 0 Å². The summed E-state index contributed by atoms with van der Waals surface area (Å²) in [5, 5.41) is 2.87. The van der Waals surface area contributed by atoms with Crippen LogP contribution in [0.1, 0.15) is 31.7 Å². The van der Waals surface area contributed by atoms with Crippen molar-refractivity contribution in [3.8, 4) is 0 Å². The number of hydrogen-bond acceptors (Lipinski definition) is 2. The van der Waals surface area contributed by atoms with Gasteiger partial charge in [0.2, 0.25) is 5.91 Å². The molecule has 1 rings (SSSR count). The van der Waals surface area contributed by atoms with Gasteiger partial charge in [-0.1, -0.05) is 32.0 Å². The summed E-state index contributed by atoms with van der Waals surface area (Å²) in [6, 6.07) is 7.85. The number of benzene rings is 1. The van der Waals surface area contributed by atoms with Gasteiger partial charge < -0.3 is 11.1 Å². The van der Waals surface area contributed by atoms with Crippen LogP contribution in [0.3, 0.4) is 0 Å². The first-order valence-electron chi connectivity index (χ1n) is 5.24. The molecule has 0 heterocycles. The maximum Gasteiger partial charge on any atom is 0.225 e. The molecule has 0 atom stereocenters. The average molecular weight is 206 g/mol. The smallest absolute Gasteiger partial charge is 0.225 e. The van der Waals surface area contributed by atoms with Gasteiger partial charge in [0.25, 0.3) is 0 Å². The van der Waals surface area contributed by atoms with Gasteiger partial charge in [0.05, 0.1) is 0 Å². The van der Waals surface area contributed by atoms with Crippen LogP contribution in [0, 0.1) is 0 Å². The summed E-state index contributed by atoms with van der Waals surface area (Å²) in [7, 11) is 0. The molecular weight excluding hydrogens is 188 g/mol. The summed E-state index contributed by atoms with van der Waals surface area (Å²) in [6.07, 6.45) is 0.367. The highest BCUT2D eigenvalue weighted by Crippen LogP contribution is 2.23. The van der Waals surface area contributed by atoms with E-state index in [4.69, 9.17) is 5.73 Å². The van der Waals surface area contributed by atoms with Crippen LogP contribution >= 0.6 is 0 Å². The minimum atomic E-state index is -0.0226. The van der Waals surface area contributed by atoms with E-state index in [0.29, 0.717) is 18.9 Å². The summed E-state index contributed by atoms with van der Waals surface area (Å²) in [4.78, 5) is 11.4. The first-order valence-corrected chi connectivity index (χ1v) is 5.24. The molecule has 0 aliphatic heterocycles. The van der Waals surface area contributed by atoms with Crippen LogP contribution in [0.4, 0.5) is 5.69 Å². The van der Waals surface area contributed by atoms with Crippen LogP contribution < -0.4 is 11.1 Å². The van der Waals surface area contributed by atoms with Crippen LogP contribution in [0.25, 0.3) is 0 Å². The Kier molecular flexibility index (Phi) is 4.31. The van der Waals surface area contributed by atoms with Crippen LogP contribution in [0.5, 0.6) is 0 Å². The zero-order valence-electron chi connectivity index (χ0n) is 9.29. The van der Waals surface area contributed by atoms with Crippen molar-refractivity contribution in [3.05, 3.63) is 29.8 Å². The quantitative estimate of drug-likeness (QED) is 0.792. The lowest BCUT2D eigenvalue weighted by atomic mass is 10.0. The Bertz CT molecular complexity index is 334. The lowest BCUT2D eigenvalue weighted by Gasteiger charge is -2.13. The molecule has 1 amide bonds. The molecule has 3 heteroatoms. The highest BCUT2D eigenvalue weighted by Gasteiger charge is 2.07. The second-order valence-electron chi connectivity index (χ2n) is 3.83. The summed E-state index contributed by atoms with van der Waals surface area (Å²) in [6.45, 7) is 4.59. The van der Waals surface area contributed by atoms with E-state index in [9.17, 15) is 4.79 Å². The fourth-order valence-electron chi connectivity index (χ4n) is 1.46. The van der Waals surface area contributed by atoms with Crippen molar-refractivity contribution in [3.63, 3.8) is 0 Å². The fourth-order valence-corrected chi connectivity index (χ4v) is 1.46. The molecule has 0 bridgehead atoms. The average Bonchev–Trinajstić information content (AvgIpc) is 2.18. The lowest BCUT2D eigenvalue weighted by Crippen LogP contribution is -2.17. The van der Waals surface area contributed by atoms with E-state index >= 15 is 0 Å². The highest BCUT2D eigenvalue weighted by molar-refractivity contribution is 5.91. The van der Waals surface area contributed by atoms with E-state index in [0.717, 1.165) is 11.3 Å². The Balaban J connectivity index is 2.80. The Morgan fingerprint density at radius 3 is 2.67 bits per heavy atom. The third kappa shape index (κ3) is 3.36. The van der Waals surface area contributed by atoms with Crippen LogP contribution in [-0.2, 0) is 4.79 Å². The molecule has 1 aromatic carbocycles. The maximum absolute atomic E-state index is 11.4. The standard InChI is InChI=1S/C12H18N2O/c1-9(2)10-5-3-4-6-11(10)14-12(15)7-8-13/h3-6,9H,7-8,13H2,1-2H3,(H,14,15). The van der Waals surface area contributed by atoms with Gasteiger partial charge >= 0.3 is 0 Å². The molecule has 0 unspecified atom stereocenters. The van der Waals surface area contributed by atoms with Crippen LogP contribution in [0.2, 0.25) is 0 Å². The van der Waals surface area contributed by atoms with Gasteiger partial charge in [0, 0.05) is 18.7 Å². The number of hydrogen-bond donors (Lipinski definition) is 2. The third-order valence-corrected chi connectivity index (χ3v) is 2.23. The minimum absolute atomic E-state index is 0.0226. The van der Waals surface area contributed by atoms with E-state index in [1.54, 1.807) is 0 Å². The lowest BCUT2D eigenvalue weighted by molar-refractivity contribution is -0.116. The number of nitrogens with two attached hydrogens (primary N) is 1. The zero-order valence-corrected chi connectivity index (χ0v) is 9.29. The zero-order chi connectivity index (χ0) is 11.3. The van der Waals surface area contributed by atoms with E-state index in [2.05, 4.69) is 19.2 Å². The molecular formula is C12H18N2O. The van der Waals surface area contributed by atoms with Gasteiger partial charge in [0.1, 0.15) is 0 Å². The molecule has 0 radical (unpaired) electrons. The Morgan fingerprint density at radius 2 is 2.07 bits per heavy atom. The molecule has 0 aromatic heterocycles. The molecule has 0 fully saturated rings. The largest absolute Gasteiger partial charge is 0.330 e. The number of carbonyl (C=O) groups is 1. The summed E-state index contributed by atoms with van der Waals surface area (Å²) in [5.74, 6) is 0.380. The molecule has 0 aliphatic carbocycles. The predicted molar refractivity (Wildman–Crippen MR) is 62.8 cm³/mol. The van der Waals surface area contributed by atoms with Crippen LogP contribution in [-0.4, -0.2) is 12.5 Å². The van der Waals surface area contributed by atoms with Crippen LogP contribution in [0.15, 0.2) is 24.3 Å². The molecule has 0 saturated carbocycles. The van der Waals surface area contributed by atoms with E-state index in [1.807, 2.05) is 24.3 Å². The summed E-state index contributed by atoms with van der Waals surface area (Å²) >= 11 is 0. The van der Waals surface area contributed by atoms with Crippen molar-refractivity contribution in [2.45, 2.75) is 26.2 Å². The Hall–Kier alpha value is -1.35. The van der Waals surface area contributed by atoms with E-state index in [1.165, 1.54) is 0 Å². The van der Waals surface area contributed by atoms with Gasteiger partial charge in [-0.2, -0.15) is 0 Å². The molecule has 3 N–H and O–H groups in total. The third-order valence-electron chi connectivity index (χ3n) is 2.23. The first kappa shape index (κ1) is 11.7. The van der Waals surface area contributed by atoms with Gasteiger partial charge in [-0.05, 0) is 17.5 Å². The summed E-state index contributed by atoms with van der Waals surface area (Å²) in [5.41, 5.74) is 7.37. The second-order valence-corrected chi connectivity index (χ2v) is 3.83. The Morgan fingerprint density at radius 1 is 1.40 bits per heavy atom. The van der Waals surface area contributed by atoms with Gasteiger partial charge in [-0.3, -0.25) is 4.79 Å². The predicted octanol–water partition coefficient (Wildman–Crippen LogP) is 2.10. The maximum atomic E-state index is 11.4. The number of rotatable bonds is 4. The normalized spacial score (nSPS) is 10.4. The van der Waals surface area contributed by atoms with E-state index in [-0.39, 0.29) is 5.91 Å². The number of anilines is 1. The molecule has 1 aromatic rings. The van der Waals surface area contributed by atoms with Gasteiger partial charge in [-0.15, -0.1) is 0 Å². The highest BCUT2D eigenvalue weighted by atomic mass is 16.1. The second kappa shape index (κ2) is 5.51. The molecule has 82 valence electrons. The molecule has 0 aliphatic rings. The molecule has 0 spiro atoms. The van der Waals surface area contributed by atoms with Crippen molar-refractivity contribution in [2.75, 3.05) is 11.9 Å². The number of para-hydroxylation sites is 1. The Labute approximate surface area is 90.7 Å². The van der Waals surface area contributed by atoms with Crippen molar-refractivity contribution >= 4 is 11.6 Å². The monoisotopic (exact) mass is 206 g/mol. The molecule has 0 saturated heterocycles. The summed E-state index contributed by atoms with van der Waals surface area (Å²) < 4.78 is 0. The van der Waals surface area contributed by atoms with Crippen molar-refractivity contribution in [2.24, 2.45) is 5.73 Å². The fraction of sp³-hybridized carbons (Fsp3) is 0.417. The number of nitrogens with one attached hydrogen (secondary N) is 1. The number of carbonyl (C=O) groups excluding carboxylic acids is 1. The topological polar surface area (TPSA) is 55.1 Å².